The molecule has 0 saturated carbocycles. The van der Waals surface area contributed by atoms with Crippen LogP contribution in [0.15, 0.2) is 6.07 Å². The lowest BCUT2D eigenvalue weighted by Crippen LogP contribution is -2.19. The van der Waals surface area contributed by atoms with Crippen molar-refractivity contribution in [3.8, 4) is 0 Å². The number of nitrogens with two attached hydrogens (primary N) is 1. The minimum atomic E-state index is 0.153. The van der Waals surface area contributed by atoms with Crippen molar-refractivity contribution in [2.45, 2.75) is 51.2 Å². The van der Waals surface area contributed by atoms with E-state index in [1.54, 1.807) is 0 Å². The van der Waals surface area contributed by atoms with Gasteiger partial charge in [-0.2, -0.15) is 11.8 Å². The zero-order valence-corrected chi connectivity index (χ0v) is 11.3. The lowest BCUT2D eigenvalue weighted by Gasteiger charge is -2.09. The van der Waals surface area contributed by atoms with Gasteiger partial charge in [0, 0.05) is 23.9 Å². The Morgan fingerprint density at radius 3 is 2.56 bits per heavy atom. The van der Waals surface area contributed by atoms with Gasteiger partial charge in [0.1, 0.15) is 5.82 Å². The van der Waals surface area contributed by atoms with Crippen molar-refractivity contribution in [1.29, 1.82) is 0 Å². The highest BCUT2D eigenvalue weighted by molar-refractivity contribution is 7.99. The zero-order chi connectivity index (χ0) is 12.1. The smallest absolute Gasteiger partial charge is 0.138 e. The molecule has 0 spiro atoms. The van der Waals surface area contributed by atoms with Gasteiger partial charge in [0.05, 0.1) is 5.75 Å². The first-order valence-electron chi connectivity index (χ1n) is 5.68. The normalized spacial score (nSPS) is 13.1. The average Bonchev–Trinajstić information content (AvgIpc) is 2.12. The van der Waals surface area contributed by atoms with E-state index in [1.165, 1.54) is 0 Å². The van der Waals surface area contributed by atoms with Crippen molar-refractivity contribution in [3.63, 3.8) is 0 Å². The van der Waals surface area contributed by atoms with Crippen LogP contribution in [-0.2, 0) is 12.2 Å². The largest absolute Gasteiger partial charge is 0.328 e. The van der Waals surface area contributed by atoms with Crippen LogP contribution in [0.3, 0.4) is 0 Å². The standard InChI is InChI=1S/C12H21N3S/c1-8(2)16-7-12-14-10(4)6-11(15-12)5-9(3)13/h6,8-9H,5,7,13H2,1-4H3. The van der Waals surface area contributed by atoms with Crippen LogP contribution in [0.2, 0.25) is 0 Å². The highest BCUT2D eigenvalue weighted by Crippen LogP contribution is 2.15. The Morgan fingerprint density at radius 1 is 1.31 bits per heavy atom. The first-order valence-corrected chi connectivity index (χ1v) is 6.73. The molecule has 1 aromatic rings. The first kappa shape index (κ1) is 13.5. The van der Waals surface area contributed by atoms with Gasteiger partial charge in [-0.1, -0.05) is 13.8 Å². The van der Waals surface area contributed by atoms with Crippen molar-refractivity contribution in [3.05, 3.63) is 23.3 Å². The molecule has 0 aliphatic carbocycles. The number of nitrogens with zero attached hydrogens (tertiary/aromatic N) is 2. The van der Waals surface area contributed by atoms with Gasteiger partial charge in [-0.15, -0.1) is 0 Å². The second-order valence-electron chi connectivity index (χ2n) is 4.46. The van der Waals surface area contributed by atoms with E-state index in [4.69, 9.17) is 5.73 Å². The third-order valence-corrected chi connectivity index (χ3v) is 3.12. The molecule has 16 heavy (non-hydrogen) atoms. The zero-order valence-electron chi connectivity index (χ0n) is 10.5. The number of aryl methyl sites for hydroxylation is 1. The van der Waals surface area contributed by atoms with E-state index >= 15 is 0 Å². The van der Waals surface area contributed by atoms with Crippen LogP contribution in [0.4, 0.5) is 0 Å². The minimum Gasteiger partial charge on any atom is -0.328 e. The molecule has 0 aliphatic heterocycles. The Bertz CT molecular complexity index is 337. The van der Waals surface area contributed by atoms with Crippen molar-refractivity contribution >= 4 is 11.8 Å². The van der Waals surface area contributed by atoms with Gasteiger partial charge >= 0.3 is 0 Å². The maximum Gasteiger partial charge on any atom is 0.138 e. The van der Waals surface area contributed by atoms with E-state index in [0.717, 1.165) is 29.4 Å². The molecule has 0 aliphatic rings. The first-order chi connectivity index (χ1) is 7.47. The fourth-order valence-electron chi connectivity index (χ4n) is 1.44. The van der Waals surface area contributed by atoms with Crippen molar-refractivity contribution in [2.24, 2.45) is 5.73 Å². The Labute approximate surface area is 102 Å². The van der Waals surface area contributed by atoms with E-state index < -0.39 is 0 Å². The summed E-state index contributed by atoms with van der Waals surface area (Å²) >= 11 is 1.86. The fourth-order valence-corrected chi connectivity index (χ4v) is 2.05. The van der Waals surface area contributed by atoms with Crippen molar-refractivity contribution in [2.75, 3.05) is 0 Å². The topological polar surface area (TPSA) is 51.8 Å². The van der Waals surface area contributed by atoms with Gasteiger partial charge in [-0.25, -0.2) is 9.97 Å². The molecule has 1 unspecified atom stereocenters. The highest BCUT2D eigenvalue weighted by atomic mass is 32.2. The number of hydrogen-bond donors (Lipinski definition) is 1. The average molecular weight is 239 g/mol. The van der Waals surface area contributed by atoms with Crippen LogP contribution in [-0.4, -0.2) is 21.3 Å². The van der Waals surface area contributed by atoms with Gasteiger partial charge in [-0.3, -0.25) is 0 Å². The summed E-state index contributed by atoms with van der Waals surface area (Å²) < 4.78 is 0. The fraction of sp³-hybridized carbons (Fsp3) is 0.667. The lowest BCUT2D eigenvalue weighted by atomic mass is 10.2. The summed E-state index contributed by atoms with van der Waals surface area (Å²) in [6.45, 7) is 8.38. The summed E-state index contributed by atoms with van der Waals surface area (Å²) in [5, 5.41) is 0.612. The molecule has 3 nitrogen and oxygen atoms in total. The lowest BCUT2D eigenvalue weighted by molar-refractivity contribution is 0.713. The molecular formula is C12H21N3S. The van der Waals surface area contributed by atoms with Crippen molar-refractivity contribution in [1.82, 2.24) is 9.97 Å². The molecule has 1 rings (SSSR count). The molecule has 0 aromatic carbocycles. The van der Waals surface area contributed by atoms with Crippen LogP contribution in [0, 0.1) is 6.92 Å². The summed E-state index contributed by atoms with van der Waals surface area (Å²) in [4.78, 5) is 8.97. The van der Waals surface area contributed by atoms with Crippen LogP contribution in [0.1, 0.15) is 38.0 Å². The maximum atomic E-state index is 5.78. The number of rotatable bonds is 5. The van der Waals surface area contributed by atoms with Gasteiger partial charge in [0.2, 0.25) is 0 Å². The monoisotopic (exact) mass is 239 g/mol. The summed E-state index contributed by atoms with van der Waals surface area (Å²) in [6.07, 6.45) is 0.822. The molecule has 2 N–H and O–H groups in total. The summed E-state index contributed by atoms with van der Waals surface area (Å²) in [5.74, 6) is 1.81. The summed E-state index contributed by atoms with van der Waals surface area (Å²) in [5.41, 5.74) is 7.87. The second-order valence-corrected chi connectivity index (χ2v) is 6.02. The highest BCUT2D eigenvalue weighted by Gasteiger charge is 2.05. The third-order valence-electron chi connectivity index (χ3n) is 2.03. The predicted molar refractivity (Wildman–Crippen MR) is 70.6 cm³/mol. The predicted octanol–water partition coefficient (Wildman–Crippen LogP) is 2.32. The molecule has 90 valence electrons. The van der Waals surface area contributed by atoms with E-state index in [-0.39, 0.29) is 6.04 Å². The quantitative estimate of drug-likeness (QED) is 0.856. The maximum absolute atomic E-state index is 5.78. The van der Waals surface area contributed by atoms with Gasteiger partial charge < -0.3 is 5.73 Å². The molecule has 0 amide bonds. The number of thioether (sulfide) groups is 1. The molecule has 1 atom stereocenters. The Morgan fingerprint density at radius 2 is 2.00 bits per heavy atom. The van der Waals surface area contributed by atoms with E-state index in [2.05, 4.69) is 23.8 Å². The molecule has 0 radical (unpaired) electrons. The van der Waals surface area contributed by atoms with Gasteiger partial charge in [-0.05, 0) is 25.2 Å². The molecule has 1 heterocycles. The molecular weight excluding hydrogens is 218 g/mol. The van der Waals surface area contributed by atoms with Crippen LogP contribution in [0.5, 0.6) is 0 Å². The SMILES string of the molecule is Cc1cc(CC(C)N)nc(CSC(C)C)n1. The number of aromatic nitrogens is 2. The molecule has 0 fully saturated rings. The third kappa shape index (κ3) is 4.94. The van der Waals surface area contributed by atoms with Crippen LogP contribution >= 0.6 is 11.8 Å². The van der Waals surface area contributed by atoms with Gasteiger partial charge in [0.25, 0.3) is 0 Å². The minimum absolute atomic E-state index is 0.153. The Kier molecular flexibility index (Phi) is 5.22. The molecule has 0 saturated heterocycles. The van der Waals surface area contributed by atoms with E-state index in [0.29, 0.717) is 5.25 Å². The molecule has 4 heteroatoms. The van der Waals surface area contributed by atoms with E-state index in [9.17, 15) is 0 Å². The summed E-state index contributed by atoms with van der Waals surface area (Å²) in [6, 6.07) is 2.17. The second kappa shape index (κ2) is 6.21. The molecule has 0 bridgehead atoms. The Balaban J connectivity index is 2.73. The molecule has 1 aromatic heterocycles. The van der Waals surface area contributed by atoms with Crippen LogP contribution < -0.4 is 5.73 Å². The summed E-state index contributed by atoms with van der Waals surface area (Å²) in [7, 11) is 0. The van der Waals surface area contributed by atoms with Crippen LogP contribution in [0.25, 0.3) is 0 Å². The Hall–Kier alpha value is -0.610. The van der Waals surface area contributed by atoms with Crippen molar-refractivity contribution < 1.29 is 0 Å². The number of hydrogen-bond acceptors (Lipinski definition) is 4. The van der Waals surface area contributed by atoms with E-state index in [1.807, 2.05) is 31.7 Å². The van der Waals surface area contributed by atoms with Gasteiger partial charge in [0.15, 0.2) is 0 Å².